The van der Waals surface area contributed by atoms with Crippen LogP contribution < -0.4 is 10.6 Å². The van der Waals surface area contributed by atoms with Crippen molar-refractivity contribution in [1.82, 2.24) is 19.9 Å². The summed E-state index contributed by atoms with van der Waals surface area (Å²) >= 11 is 0. The standard InChI is InChI=1S/C24H28N8O2S/c1-32-9-8-20-16(14-32)10-19(11-17(20)15-34-2)27-24-26-13-18(12-25)23(30-24)29-21-6-5-7-22(28-21)31-35(3,4)33/h5-7,10-11,13H,8-9,14-15H2,1-4H3,(H2,26,27,28,29,30). The van der Waals surface area contributed by atoms with Gasteiger partial charge in [-0.2, -0.15) is 14.6 Å². The van der Waals surface area contributed by atoms with Crippen LogP contribution in [-0.4, -0.2) is 57.3 Å². The van der Waals surface area contributed by atoms with Gasteiger partial charge in [0.15, 0.2) is 11.6 Å². The van der Waals surface area contributed by atoms with Gasteiger partial charge in [-0.15, -0.1) is 0 Å². The third kappa shape index (κ3) is 6.30. The number of pyridine rings is 1. The van der Waals surface area contributed by atoms with Crippen molar-refractivity contribution in [1.29, 1.82) is 5.26 Å². The van der Waals surface area contributed by atoms with Crippen molar-refractivity contribution in [3.8, 4) is 6.07 Å². The summed E-state index contributed by atoms with van der Waals surface area (Å²) in [4.78, 5) is 15.5. The number of benzene rings is 1. The Morgan fingerprint density at radius 3 is 2.83 bits per heavy atom. The first kappa shape index (κ1) is 24.5. The second-order valence-corrected chi connectivity index (χ2v) is 11.2. The monoisotopic (exact) mass is 492 g/mol. The van der Waals surface area contributed by atoms with E-state index in [1.54, 1.807) is 37.8 Å². The molecule has 10 nitrogen and oxygen atoms in total. The Morgan fingerprint density at radius 2 is 2.09 bits per heavy atom. The first-order chi connectivity index (χ1) is 16.7. The van der Waals surface area contributed by atoms with Crippen LogP contribution in [0.1, 0.15) is 22.3 Å². The minimum absolute atomic E-state index is 0.265. The van der Waals surface area contributed by atoms with Crippen LogP contribution in [0.2, 0.25) is 0 Å². The fourth-order valence-electron chi connectivity index (χ4n) is 3.93. The number of nitrogens with one attached hydrogen (secondary N) is 2. The van der Waals surface area contributed by atoms with Gasteiger partial charge >= 0.3 is 0 Å². The third-order valence-electron chi connectivity index (χ3n) is 5.38. The maximum absolute atomic E-state index is 12.0. The van der Waals surface area contributed by atoms with E-state index in [1.807, 2.05) is 0 Å². The molecule has 0 atom stereocenters. The Bertz CT molecular complexity index is 1380. The zero-order valence-electron chi connectivity index (χ0n) is 20.2. The molecule has 1 aromatic carbocycles. The Balaban J connectivity index is 1.63. The molecule has 182 valence electrons. The van der Waals surface area contributed by atoms with Gasteiger partial charge in [0.1, 0.15) is 17.5 Å². The minimum atomic E-state index is -2.35. The summed E-state index contributed by atoms with van der Waals surface area (Å²) in [7, 11) is 1.45. The van der Waals surface area contributed by atoms with Gasteiger partial charge in [0.2, 0.25) is 5.95 Å². The first-order valence-electron chi connectivity index (χ1n) is 11.0. The molecule has 0 amide bonds. The summed E-state index contributed by atoms with van der Waals surface area (Å²) in [6.45, 7) is 2.40. The Labute approximate surface area is 205 Å². The van der Waals surface area contributed by atoms with Crippen LogP contribution in [-0.2, 0) is 34.0 Å². The molecule has 0 bridgehead atoms. The van der Waals surface area contributed by atoms with Gasteiger partial charge in [0.05, 0.1) is 12.8 Å². The van der Waals surface area contributed by atoms with Crippen LogP contribution in [0.25, 0.3) is 0 Å². The summed E-state index contributed by atoms with van der Waals surface area (Å²) in [5.74, 6) is 1.40. The lowest BCUT2D eigenvalue weighted by atomic mass is 9.94. The van der Waals surface area contributed by atoms with Crippen LogP contribution in [0.4, 0.5) is 29.1 Å². The lowest BCUT2D eigenvalue weighted by molar-refractivity contribution is 0.183. The molecule has 1 aliphatic heterocycles. The molecule has 4 rings (SSSR count). The molecule has 0 saturated heterocycles. The number of hydrogen-bond donors (Lipinski definition) is 2. The van der Waals surface area contributed by atoms with Gasteiger partial charge in [-0.05, 0) is 54.4 Å². The topological polar surface area (TPSA) is 128 Å². The number of anilines is 4. The normalized spacial score (nSPS) is 13.6. The number of ether oxygens (including phenoxy) is 1. The highest BCUT2D eigenvalue weighted by molar-refractivity contribution is 7.92. The zero-order chi connectivity index (χ0) is 25.0. The highest BCUT2D eigenvalue weighted by atomic mass is 32.2. The van der Waals surface area contributed by atoms with Crippen molar-refractivity contribution in [3.63, 3.8) is 0 Å². The van der Waals surface area contributed by atoms with Gasteiger partial charge in [0, 0.05) is 48.1 Å². The van der Waals surface area contributed by atoms with Crippen LogP contribution in [0, 0.1) is 11.3 Å². The highest BCUT2D eigenvalue weighted by Gasteiger charge is 2.18. The number of likely N-dealkylation sites (N-methyl/N-ethyl adjacent to an activating group) is 1. The fraction of sp³-hybridized carbons (Fsp3) is 0.333. The zero-order valence-corrected chi connectivity index (χ0v) is 21.0. The number of rotatable bonds is 7. The molecule has 0 unspecified atom stereocenters. The largest absolute Gasteiger partial charge is 0.380 e. The second kappa shape index (κ2) is 10.4. The average Bonchev–Trinajstić information content (AvgIpc) is 2.78. The molecule has 0 radical (unpaired) electrons. The number of fused-ring (bicyclic) bond motifs is 1. The van der Waals surface area contributed by atoms with E-state index in [1.165, 1.54) is 17.3 Å². The molecule has 0 saturated carbocycles. The van der Waals surface area contributed by atoms with Gasteiger partial charge in [-0.3, -0.25) is 0 Å². The van der Waals surface area contributed by atoms with Crippen LogP contribution >= 0.6 is 0 Å². The van der Waals surface area contributed by atoms with Crippen molar-refractivity contribution in [2.24, 2.45) is 4.36 Å². The van der Waals surface area contributed by atoms with Crippen molar-refractivity contribution in [2.45, 2.75) is 19.6 Å². The smallest absolute Gasteiger partial charge is 0.229 e. The molecule has 1 aliphatic rings. The SMILES string of the molecule is COCc1cc(Nc2ncc(C#N)c(Nc3cccc(N=S(C)(C)=O)n3)n2)cc2c1CCN(C)C2. The summed E-state index contributed by atoms with van der Waals surface area (Å²) in [5, 5.41) is 15.9. The van der Waals surface area contributed by atoms with Crippen molar-refractivity contribution < 1.29 is 8.95 Å². The number of hydrogen-bond acceptors (Lipinski definition) is 10. The van der Waals surface area contributed by atoms with Gasteiger partial charge in [-0.1, -0.05) is 6.07 Å². The predicted molar refractivity (Wildman–Crippen MR) is 137 cm³/mol. The number of nitriles is 1. The summed E-state index contributed by atoms with van der Waals surface area (Å²) < 4.78 is 21.6. The van der Waals surface area contributed by atoms with Crippen molar-refractivity contribution in [2.75, 3.05) is 43.8 Å². The first-order valence-corrected chi connectivity index (χ1v) is 13.3. The number of nitrogens with zero attached hydrogens (tertiary/aromatic N) is 6. The van der Waals surface area contributed by atoms with E-state index in [9.17, 15) is 9.47 Å². The predicted octanol–water partition coefficient (Wildman–Crippen LogP) is 3.72. The molecular weight excluding hydrogens is 464 g/mol. The third-order valence-corrected chi connectivity index (χ3v) is 6.00. The molecular formula is C24H28N8O2S. The molecule has 2 aromatic heterocycles. The fourth-order valence-corrected chi connectivity index (χ4v) is 4.48. The van der Waals surface area contributed by atoms with Crippen molar-refractivity contribution >= 4 is 38.8 Å². The Hall–Kier alpha value is -3.59. The molecule has 0 spiro atoms. The average molecular weight is 493 g/mol. The quantitative estimate of drug-likeness (QED) is 0.507. The van der Waals surface area contributed by atoms with Gasteiger partial charge < -0.3 is 20.3 Å². The summed E-state index contributed by atoms with van der Waals surface area (Å²) in [6, 6.07) is 11.4. The molecule has 0 aliphatic carbocycles. The van der Waals surface area contributed by atoms with E-state index >= 15 is 0 Å². The second-order valence-electron chi connectivity index (χ2n) is 8.67. The van der Waals surface area contributed by atoms with Crippen molar-refractivity contribution in [3.05, 3.63) is 58.8 Å². The summed E-state index contributed by atoms with van der Waals surface area (Å²) in [6.07, 6.45) is 5.53. The number of methoxy groups -OCH3 is 1. The van der Waals surface area contributed by atoms with Crippen LogP contribution in [0.3, 0.4) is 0 Å². The maximum atomic E-state index is 12.0. The lowest BCUT2D eigenvalue weighted by Crippen LogP contribution is -2.27. The summed E-state index contributed by atoms with van der Waals surface area (Å²) in [5.41, 5.74) is 4.83. The molecule has 3 aromatic rings. The van der Waals surface area contributed by atoms with E-state index in [4.69, 9.17) is 4.74 Å². The lowest BCUT2D eigenvalue weighted by Gasteiger charge is -2.27. The van der Waals surface area contributed by atoms with Gasteiger partial charge in [0.25, 0.3) is 0 Å². The molecule has 0 fully saturated rings. The minimum Gasteiger partial charge on any atom is -0.380 e. The van der Waals surface area contributed by atoms with E-state index in [-0.39, 0.29) is 5.56 Å². The molecule has 3 heterocycles. The van der Waals surface area contributed by atoms with E-state index in [2.05, 4.69) is 60.1 Å². The van der Waals surface area contributed by atoms with E-state index < -0.39 is 9.73 Å². The molecule has 11 heteroatoms. The molecule has 2 N–H and O–H groups in total. The molecule has 35 heavy (non-hydrogen) atoms. The Morgan fingerprint density at radius 1 is 1.26 bits per heavy atom. The van der Waals surface area contributed by atoms with E-state index in [0.29, 0.717) is 30.0 Å². The number of aromatic nitrogens is 3. The maximum Gasteiger partial charge on any atom is 0.229 e. The van der Waals surface area contributed by atoms with E-state index in [0.717, 1.165) is 30.8 Å². The Kier molecular flexibility index (Phi) is 7.25. The van der Waals surface area contributed by atoms with Crippen LogP contribution in [0.15, 0.2) is 40.9 Å². The van der Waals surface area contributed by atoms with Crippen LogP contribution in [0.5, 0.6) is 0 Å². The van der Waals surface area contributed by atoms with Gasteiger partial charge in [-0.25, -0.2) is 14.2 Å². The highest BCUT2D eigenvalue weighted by Crippen LogP contribution is 2.29.